The van der Waals surface area contributed by atoms with Gasteiger partial charge in [-0.05, 0) is 37.0 Å². The van der Waals surface area contributed by atoms with Gasteiger partial charge < -0.3 is 0 Å². The largest absolute Gasteiger partial charge is 0.290 e. The Balaban J connectivity index is 2.03. The number of anilines is 1. The summed E-state index contributed by atoms with van der Waals surface area (Å²) in [5.74, 6) is -4.85. The molecule has 2 amide bonds. The van der Waals surface area contributed by atoms with Crippen LogP contribution >= 0.6 is 0 Å². The molecule has 0 fully saturated rings. The van der Waals surface area contributed by atoms with E-state index in [0.717, 1.165) is 17.4 Å². The number of nitrogens with zero attached hydrogens (tertiary/aromatic N) is 3. The Morgan fingerprint density at radius 2 is 1.90 bits per heavy atom. The minimum absolute atomic E-state index is 0.0153. The molecule has 2 heterocycles. The lowest BCUT2D eigenvalue weighted by Gasteiger charge is -2.25. The Hall–Kier alpha value is -3.03. The first kappa shape index (κ1) is 22.7. The van der Waals surface area contributed by atoms with Gasteiger partial charge in [-0.1, -0.05) is 33.3 Å². The monoisotopic (exact) mass is 427 g/mol. The molecule has 0 aromatic heterocycles. The molecule has 0 spiro atoms. The van der Waals surface area contributed by atoms with Gasteiger partial charge in [-0.3, -0.25) is 29.2 Å². The van der Waals surface area contributed by atoms with Gasteiger partial charge in [0, 0.05) is 6.21 Å². The van der Waals surface area contributed by atoms with Crippen LogP contribution in [0.3, 0.4) is 0 Å². The maximum Gasteiger partial charge on any atom is 0.280 e. The SMILES string of the molecule is CCC1N=CC(C2=NCC(CCC(C)C)C(=O)N(c3cccc(F)c3)C2=O)C(=O)C1=O. The van der Waals surface area contributed by atoms with Crippen molar-refractivity contribution < 1.29 is 23.6 Å². The Kier molecular flexibility index (Phi) is 6.87. The highest BCUT2D eigenvalue weighted by atomic mass is 19.1. The van der Waals surface area contributed by atoms with Crippen LogP contribution in [0.1, 0.15) is 40.0 Å². The summed E-state index contributed by atoms with van der Waals surface area (Å²) >= 11 is 0. The van der Waals surface area contributed by atoms with Crippen molar-refractivity contribution in [2.45, 2.75) is 46.1 Å². The quantitative estimate of drug-likeness (QED) is 0.515. The molecular formula is C23H26FN3O4. The highest BCUT2D eigenvalue weighted by Crippen LogP contribution is 2.26. The lowest BCUT2D eigenvalue weighted by molar-refractivity contribution is -0.138. The van der Waals surface area contributed by atoms with Crippen molar-refractivity contribution in [3.63, 3.8) is 0 Å². The van der Waals surface area contributed by atoms with Gasteiger partial charge in [0.25, 0.3) is 5.91 Å². The summed E-state index contributed by atoms with van der Waals surface area (Å²) in [7, 11) is 0. The van der Waals surface area contributed by atoms with Crippen LogP contribution in [0.25, 0.3) is 0 Å². The fourth-order valence-corrected chi connectivity index (χ4v) is 3.72. The standard InChI is InChI=1S/C23H26FN3O4/c1-4-18-21(29)20(28)17(12-25-18)19-23(31)27(16-7-5-6-15(24)10-16)22(30)14(11-26-19)9-8-13(2)3/h5-7,10,12-14,17-18H,4,8-9,11H2,1-3H3. The van der Waals surface area contributed by atoms with Crippen molar-refractivity contribution in [1.29, 1.82) is 0 Å². The molecule has 7 nitrogen and oxygen atoms in total. The summed E-state index contributed by atoms with van der Waals surface area (Å²) in [5, 5.41) is 0. The molecule has 2 aliphatic rings. The zero-order valence-electron chi connectivity index (χ0n) is 17.9. The number of carbonyl (C=O) groups is 4. The normalized spacial score (nSPS) is 24.6. The molecule has 164 valence electrons. The Labute approximate surface area is 180 Å². The molecule has 2 aliphatic heterocycles. The van der Waals surface area contributed by atoms with Crippen molar-refractivity contribution in [2.75, 3.05) is 11.4 Å². The maximum atomic E-state index is 13.9. The van der Waals surface area contributed by atoms with Gasteiger partial charge in [0.05, 0.1) is 18.2 Å². The molecule has 3 rings (SSSR count). The summed E-state index contributed by atoms with van der Waals surface area (Å²) in [4.78, 5) is 61.0. The summed E-state index contributed by atoms with van der Waals surface area (Å²) < 4.78 is 13.9. The topological polar surface area (TPSA) is 96.2 Å². The third-order valence-corrected chi connectivity index (χ3v) is 5.56. The molecule has 0 bridgehead atoms. The molecule has 0 radical (unpaired) electrons. The lowest BCUT2D eigenvalue weighted by Crippen LogP contribution is -2.49. The fraction of sp³-hybridized carbons (Fsp3) is 0.478. The number of halogens is 1. The summed E-state index contributed by atoms with van der Waals surface area (Å²) in [6, 6.07) is 4.40. The summed E-state index contributed by atoms with van der Waals surface area (Å²) in [6.45, 7) is 5.81. The minimum atomic E-state index is -1.24. The van der Waals surface area contributed by atoms with E-state index in [9.17, 15) is 23.6 Å². The molecule has 3 unspecified atom stereocenters. The zero-order chi connectivity index (χ0) is 22.7. The number of imide groups is 1. The van der Waals surface area contributed by atoms with Gasteiger partial charge in [-0.2, -0.15) is 0 Å². The maximum absolute atomic E-state index is 13.9. The van der Waals surface area contributed by atoms with E-state index < -0.39 is 47.1 Å². The highest BCUT2D eigenvalue weighted by molar-refractivity contribution is 6.59. The van der Waals surface area contributed by atoms with Crippen LogP contribution in [0, 0.1) is 23.6 Å². The van der Waals surface area contributed by atoms with Crippen LogP contribution in [0.2, 0.25) is 0 Å². The molecule has 0 saturated carbocycles. The van der Waals surface area contributed by atoms with E-state index in [-0.39, 0.29) is 17.9 Å². The zero-order valence-corrected chi connectivity index (χ0v) is 17.9. The van der Waals surface area contributed by atoms with Gasteiger partial charge >= 0.3 is 0 Å². The van der Waals surface area contributed by atoms with Crippen molar-refractivity contribution in [2.24, 2.45) is 27.7 Å². The van der Waals surface area contributed by atoms with Crippen molar-refractivity contribution >= 4 is 41.0 Å². The minimum Gasteiger partial charge on any atom is -0.290 e. The van der Waals surface area contributed by atoms with Crippen LogP contribution in [0.15, 0.2) is 34.3 Å². The fourth-order valence-electron chi connectivity index (χ4n) is 3.72. The van der Waals surface area contributed by atoms with Gasteiger partial charge in [0.1, 0.15) is 23.5 Å². The number of hydrogen-bond donors (Lipinski definition) is 0. The van der Waals surface area contributed by atoms with Crippen LogP contribution < -0.4 is 4.90 Å². The Morgan fingerprint density at radius 3 is 2.55 bits per heavy atom. The Bertz CT molecular complexity index is 969. The van der Waals surface area contributed by atoms with E-state index in [1.165, 1.54) is 24.4 Å². The Morgan fingerprint density at radius 1 is 1.16 bits per heavy atom. The average molecular weight is 427 g/mol. The molecule has 1 aromatic carbocycles. The molecule has 8 heteroatoms. The van der Waals surface area contributed by atoms with Gasteiger partial charge in [0.15, 0.2) is 0 Å². The van der Waals surface area contributed by atoms with Crippen LogP contribution in [0.4, 0.5) is 10.1 Å². The van der Waals surface area contributed by atoms with Crippen LogP contribution in [-0.4, -0.2) is 47.9 Å². The van der Waals surface area contributed by atoms with E-state index >= 15 is 0 Å². The second-order valence-corrected chi connectivity index (χ2v) is 8.28. The number of Topliss-reactive ketones (excluding diaryl/α,β-unsaturated/α-hetero) is 2. The molecule has 1 aromatic rings. The van der Waals surface area contributed by atoms with Crippen molar-refractivity contribution in [1.82, 2.24) is 0 Å². The number of hydrogen-bond acceptors (Lipinski definition) is 6. The van der Waals surface area contributed by atoms with E-state index in [0.29, 0.717) is 18.8 Å². The second-order valence-electron chi connectivity index (χ2n) is 8.28. The van der Waals surface area contributed by atoms with Crippen LogP contribution in [0.5, 0.6) is 0 Å². The van der Waals surface area contributed by atoms with E-state index in [4.69, 9.17) is 0 Å². The van der Waals surface area contributed by atoms with E-state index in [1.807, 2.05) is 13.8 Å². The predicted molar refractivity (Wildman–Crippen MR) is 115 cm³/mol. The highest BCUT2D eigenvalue weighted by Gasteiger charge is 2.43. The molecule has 0 saturated heterocycles. The molecule has 0 N–H and O–H groups in total. The first-order valence-electron chi connectivity index (χ1n) is 10.5. The third-order valence-electron chi connectivity index (χ3n) is 5.56. The summed E-state index contributed by atoms with van der Waals surface area (Å²) in [6.07, 6.45) is 2.89. The van der Waals surface area contributed by atoms with Gasteiger partial charge in [0.2, 0.25) is 17.5 Å². The smallest absolute Gasteiger partial charge is 0.280 e. The van der Waals surface area contributed by atoms with E-state index in [1.54, 1.807) is 6.92 Å². The van der Waals surface area contributed by atoms with Gasteiger partial charge in [-0.15, -0.1) is 0 Å². The number of ketones is 2. The predicted octanol–water partition coefficient (Wildman–Crippen LogP) is 2.81. The number of benzene rings is 1. The molecule has 0 aliphatic carbocycles. The first-order chi connectivity index (χ1) is 14.7. The average Bonchev–Trinajstić information content (AvgIpc) is 2.84. The van der Waals surface area contributed by atoms with E-state index in [2.05, 4.69) is 9.98 Å². The summed E-state index contributed by atoms with van der Waals surface area (Å²) in [5.41, 5.74) is -0.140. The number of amides is 2. The number of aliphatic imine (C=N–C) groups is 2. The molecular weight excluding hydrogens is 401 g/mol. The molecule has 3 atom stereocenters. The second kappa shape index (κ2) is 9.41. The van der Waals surface area contributed by atoms with Crippen molar-refractivity contribution in [3.05, 3.63) is 30.1 Å². The van der Waals surface area contributed by atoms with Crippen LogP contribution in [-0.2, 0) is 19.2 Å². The number of carbonyl (C=O) groups excluding carboxylic acids is 4. The van der Waals surface area contributed by atoms with Crippen molar-refractivity contribution in [3.8, 4) is 0 Å². The lowest BCUT2D eigenvalue weighted by atomic mass is 9.89. The number of rotatable bonds is 6. The third kappa shape index (κ3) is 4.68. The molecule has 31 heavy (non-hydrogen) atoms. The first-order valence-corrected chi connectivity index (χ1v) is 10.5. The van der Waals surface area contributed by atoms with Gasteiger partial charge in [-0.25, -0.2) is 9.29 Å².